The third kappa shape index (κ3) is 62.4. The quantitative estimate of drug-likeness (QED) is 0.0169. The van der Waals surface area contributed by atoms with Gasteiger partial charge < -0.3 is 33.8 Å². The van der Waals surface area contributed by atoms with Gasteiger partial charge in [0.1, 0.15) is 19.3 Å². The van der Waals surface area contributed by atoms with E-state index in [1.54, 1.807) is 0 Å². The maximum Gasteiger partial charge on any atom is 0.472 e. The van der Waals surface area contributed by atoms with Gasteiger partial charge in [0.15, 0.2) is 12.2 Å². The predicted octanol–water partition coefficient (Wildman–Crippen LogP) is 19.0. The number of phosphoric ester groups is 2. The van der Waals surface area contributed by atoms with Gasteiger partial charge in [0.05, 0.1) is 26.4 Å². The van der Waals surface area contributed by atoms with Crippen LogP contribution in [0.1, 0.15) is 318 Å². The summed E-state index contributed by atoms with van der Waals surface area (Å²) in [5, 5.41) is 10.6. The number of phosphoric acid groups is 2. The van der Waals surface area contributed by atoms with E-state index in [4.69, 9.17) is 37.0 Å². The van der Waals surface area contributed by atoms with E-state index < -0.39 is 97.5 Å². The molecule has 0 aromatic carbocycles. The van der Waals surface area contributed by atoms with Crippen molar-refractivity contribution in [2.45, 2.75) is 336 Å². The highest BCUT2D eigenvalue weighted by atomic mass is 31.2. The smallest absolute Gasteiger partial charge is 0.462 e. The molecular weight excluding hydrogens is 1160 g/mol. The number of carbonyl (C=O) groups excluding carboxylic acids is 4. The van der Waals surface area contributed by atoms with Gasteiger partial charge in [-0.2, -0.15) is 0 Å². The highest BCUT2D eigenvalue weighted by Gasteiger charge is 2.30. The number of aliphatic hydroxyl groups is 1. The number of unbranched alkanes of at least 4 members (excludes halogenated alkanes) is 30. The Morgan fingerprint density at radius 2 is 0.614 bits per heavy atom. The molecule has 0 bridgehead atoms. The molecule has 0 aromatic heterocycles. The first-order valence-corrected chi connectivity index (χ1v) is 38.2. The average Bonchev–Trinajstić information content (AvgIpc) is 3.51. The topological polar surface area (TPSA) is 237 Å². The Morgan fingerprint density at radius 1 is 0.352 bits per heavy atom. The molecule has 5 atom stereocenters. The minimum Gasteiger partial charge on any atom is -0.462 e. The van der Waals surface area contributed by atoms with Crippen LogP contribution in [-0.2, 0) is 65.4 Å². The van der Waals surface area contributed by atoms with Gasteiger partial charge in [-0.15, -0.1) is 0 Å². The molecular formula is C69H130O17P2. The molecule has 0 heterocycles. The van der Waals surface area contributed by atoms with Gasteiger partial charge in [-0.25, -0.2) is 9.13 Å². The van der Waals surface area contributed by atoms with E-state index in [1.165, 1.54) is 109 Å². The summed E-state index contributed by atoms with van der Waals surface area (Å²) in [6, 6.07) is 0. The van der Waals surface area contributed by atoms with Gasteiger partial charge in [0.25, 0.3) is 0 Å². The number of rotatable bonds is 65. The second kappa shape index (κ2) is 59.5. The van der Waals surface area contributed by atoms with E-state index >= 15 is 0 Å². The van der Waals surface area contributed by atoms with E-state index in [0.717, 1.165) is 121 Å². The molecule has 88 heavy (non-hydrogen) atoms. The van der Waals surface area contributed by atoms with Gasteiger partial charge in [-0.1, -0.05) is 265 Å². The Bertz CT molecular complexity index is 1830. The Kier molecular flexibility index (Phi) is 57.9. The van der Waals surface area contributed by atoms with Crippen molar-refractivity contribution >= 4 is 39.5 Å². The van der Waals surface area contributed by atoms with Gasteiger partial charge in [-0.3, -0.25) is 37.3 Å². The largest absolute Gasteiger partial charge is 0.472 e. The predicted molar refractivity (Wildman–Crippen MR) is 354 cm³/mol. The monoisotopic (exact) mass is 1290 g/mol. The lowest BCUT2D eigenvalue weighted by Gasteiger charge is -2.21. The number of ether oxygens (including phenoxy) is 4. The van der Waals surface area contributed by atoms with Gasteiger partial charge in [0, 0.05) is 25.7 Å². The van der Waals surface area contributed by atoms with Crippen LogP contribution in [0, 0.1) is 17.8 Å². The lowest BCUT2D eigenvalue weighted by Crippen LogP contribution is -2.30. The number of allylic oxidation sites excluding steroid dienone is 4. The zero-order chi connectivity index (χ0) is 65.2. The summed E-state index contributed by atoms with van der Waals surface area (Å²) in [5.74, 6) is -0.0105. The summed E-state index contributed by atoms with van der Waals surface area (Å²) in [7, 11) is -9.91. The van der Waals surface area contributed by atoms with Gasteiger partial charge >= 0.3 is 39.5 Å². The molecule has 0 amide bonds. The molecule has 0 saturated carbocycles. The number of hydrogen-bond donors (Lipinski definition) is 3. The summed E-state index contributed by atoms with van der Waals surface area (Å²) in [6.07, 6.45) is 45.4. The molecule has 0 rings (SSSR count). The minimum atomic E-state index is -4.96. The van der Waals surface area contributed by atoms with Crippen LogP contribution in [0.4, 0.5) is 0 Å². The number of carbonyl (C=O) groups is 4. The summed E-state index contributed by atoms with van der Waals surface area (Å²) in [6.45, 7) is 11.6. The van der Waals surface area contributed by atoms with E-state index in [2.05, 4.69) is 72.8 Å². The average molecular weight is 1290 g/mol. The maximum absolute atomic E-state index is 13.0. The summed E-state index contributed by atoms with van der Waals surface area (Å²) in [4.78, 5) is 72.4. The van der Waals surface area contributed by atoms with Crippen molar-refractivity contribution in [2.75, 3.05) is 39.6 Å². The highest BCUT2D eigenvalue weighted by molar-refractivity contribution is 7.47. The maximum atomic E-state index is 13.0. The van der Waals surface area contributed by atoms with Crippen molar-refractivity contribution in [3.63, 3.8) is 0 Å². The molecule has 0 saturated heterocycles. The van der Waals surface area contributed by atoms with Crippen LogP contribution in [-0.4, -0.2) is 96.7 Å². The van der Waals surface area contributed by atoms with Gasteiger partial charge in [0.2, 0.25) is 0 Å². The van der Waals surface area contributed by atoms with Crippen LogP contribution in [0.5, 0.6) is 0 Å². The van der Waals surface area contributed by atoms with Crippen molar-refractivity contribution in [3.8, 4) is 0 Å². The van der Waals surface area contributed by atoms with Crippen LogP contribution >= 0.6 is 15.6 Å². The fourth-order valence-corrected chi connectivity index (χ4v) is 11.4. The van der Waals surface area contributed by atoms with E-state index in [0.29, 0.717) is 31.6 Å². The van der Waals surface area contributed by atoms with Crippen LogP contribution in [0.3, 0.4) is 0 Å². The molecule has 3 N–H and O–H groups in total. The molecule has 0 radical (unpaired) electrons. The molecule has 0 aliphatic rings. The Labute approximate surface area is 535 Å². The molecule has 0 fully saturated rings. The molecule has 3 unspecified atom stereocenters. The van der Waals surface area contributed by atoms with Crippen molar-refractivity contribution in [1.82, 2.24) is 0 Å². The lowest BCUT2D eigenvalue weighted by molar-refractivity contribution is -0.161. The Balaban J connectivity index is 5.28. The third-order valence-electron chi connectivity index (χ3n) is 15.3. The lowest BCUT2D eigenvalue weighted by atomic mass is 10.0. The number of esters is 4. The molecule has 518 valence electrons. The van der Waals surface area contributed by atoms with Crippen LogP contribution in [0.15, 0.2) is 24.3 Å². The normalized spacial score (nSPS) is 14.4. The molecule has 17 nitrogen and oxygen atoms in total. The first kappa shape index (κ1) is 85.5. The molecule has 0 aliphatic carbocycles. The standard InChI is InChI=1S/C69H130O17P2/c1-8-9-10-11-12-13-14-15-16-17-18-22-29-38-45-52-68(73)86-65(57-80-67(72)51-44-37-32-31-35-42-49-62(6)7)59-84-88(77,78)82-55-63(70)54-81-87(75,76)83-58-64(56-79-66(71)50-43-36-28-25-24-27-34-41-48-61(4)5)85-69(74)53-46-39-30-23-20-19-21-26-33-40-47-60(2)3/h13-16,60-65,70H,8-12,17-59H2,1-7H3,(H,75,76)(H,77,78)/b14-13-,16-15-/t63?,64-,65-/m1/s1. The molecule has 0 aliphatic heterocycles. The fraction of sp³-hybridized carbons (Fsp3) is 0.884. The van der Waals surface area contributed by atoms with Crippen molar-refractivity contribution in [1.29, 1.82) is 0 Å². The van der Waals surface area contributed by atoms with E-state index in [1.807, 2.05) is 0 Å². The summed E-state index contributed by atoms with van der Waals surface area (Å²) >= 11 is 0. The summed E-state index contributed by atoms with van der Waals surface area (Å²) in [5.41, 5.74) is 0. The van der Waals surface area contributed by atoms with Crippen LogP contribution in [0.25, 0.3) is 0 Å². The SMILES string of the molecule is CCCCCC/C=C\C=C/CCCCCCCC(=O)O[C@H](COC(=O)CCCCCCCCC(C)C)COP(=O)(O)OCC(O)COP(=O)(O)OC[C@@H](COC(=O)CCCCCCCCCCC(C)C)OC(=O)CCCCCCCCCCCCC(C)C. The Hall–Kier alpha value is -2.46. The molecule has 19 heteroatoms. The second-order valence-electron chi connectivity index (χ2n) is 25.7. The second-order valence-corrected chi connectivity index (χ2v) is 28.6. The van der Waals surface area contributed by atoms with E-state index in [-0.39, 0.29) is 25.7 Å². The van der Waals surface area contributed by atoms with Crippen LogP contribution in [0.2, 0.25) is 0 Å². The van der Waals surface area contributed by atoms with Gasteiger partial charge in [-0.05, 0) is 69.1 Å². The van der Waals surface area contributed by atoms with E-state index in [9.17, 15) is 43.2 Å². The third-order valence-corrected chi connectivity index (χ3v) is 17.2. The zero-order valence-electron chi connectivity index (χ0n) is 56.7. The first-order chi connectivity index (χ1) is 42.2. The minimum absolute atomic E-state index is 0.0834. The van der Waals surface area contributed by atoms with Crippen molar-refractivity contribution in [3.05, 3.63) is 24.3 Å². The molecule has 0 aromatic rings. The Morgan fingerprint density at radius 3 is 0.920 bits per heavy atom. The van der Waals surface area contributed by atoms with Crippen molar-refractivity contribution in [2.24, 2.45) is 17.8 Å². The zero-order valence-corrected chi connectivity index (χ0v) is 58.5. The highest BCUT2D eigenvalue weighted by Crippen LogP contribution is 2.45. The number of aliphatic hydroxyl groups excluding tert-OH is 1. The fourth-order valence-electron chi connectivity index (χ4n) is 9.82. The summed E-state index contributed by atoms with van der Waals surface area (Å²) < 4.78 is 68.1. The molecule has 0 spiro atoms. The first-order valence-electron chi connectivity index (χ1n) is 35.2. The van der Waals surface area contributed by atoms with Crippen LogP contribution < -0.4 is 0 Å². The van der Waals surface area contributed by atoms with Crippen molar-refractivity contribution < 1.29 is 80.2 Å². The number of hydrogen-bond acceptors (Lipinski definition) is 15.